The highest BCUT2D eigenvalue weighted by molar-refractivity contribution is 5.87. The second-order valence-electron chi connectivity index (χ2n) is 7.01. The van der Waals surface area contributed by atoms with Crippen LogP contribution in [-0.4, -0.2) is 63.4 Å². The van der Waals surface area contributed by atoms with Gasteiger partial charge in [0.2, 0.25) is 0 Å². The van der Waals surface area contributed by atoms with E-state index < -0.39 is 11.9 Å². The number of rotatable bonds is 14. The largest absolute Gasteiger partial charge is 0.466 e. The van der Waals surface area contributed by atoms with Crippen molar-refractivity contribution < 1.29 is 47.7 Å². The minimum atomic E-state index is -0.537. The summed E-state index contributed by atoms with van der Waals surface area (Å²) in [5.41, 5.74) is 0.901. The van der Waals surface area contributed by atoms with Crippen LogP contribution in [0.15, 0.2) is 62.3 Å². The van der Waals surface area contributed by atoms with Crippen molar-refractivity contribution in [2.45, 2.75) is 53.4 Å². The third-order valence-corrected chi connectivity index (χ3v) is 3.43. The molecule has 0 aromatic heterocycles. The summed E-state index contributed by atoms with van der Waals surface area (Å²) < 4.78 is 22.8. The molecule has 0 heterocycles. The molecule has 0 fully saturated rings. The highest BCUT2D eigenvalue weighted by Crippen LogP contribution is 1.94. The van der Waals surface area contributed by atoms with Crippen LogP contribution in [0.1, 0.15) is 53.4 Å². The molecule has 38 heavy (non-hydrogen) atoms. The monoisotopic (exact) mass is 540 g/mol. The SMILES string of the molecule is C=C(C)C(=O)OC.C=C(C)C(=O)OCCCC.C=CC(=O)OCCCC.C=CC(=O)OCCOC(=O)C=C. The normalized spacial score (nSPS) is 8.45. The van der Waals surface area contributed by atoms with Crippen LogP contribution in [0.3, 0.4) is 0 Å². The van der Waals surface area contributed by atoms with Gasteiger partial charge in [0.15, 0.2) is 0 Å². The van der Waals surface area contributed by atoms with Crippen molar-refractivity contribution in [2.75, 3.05) is 33.5 Å². The van der Waals surface area contributed by atoms with Crippen LogP contribution in [0, 0.1) is 0 Å². The second kappa shape index (κ2) is 31.1. The van der Waals surface area contributed by atoms with Crippen LogP contribution in [0.25, 0.3) is 0 Å². The number of methoxy groups -OCH3 is 1. The minimum Gasteiger partial charge on any atom is -0.466 e. The zero-order chi connectivity index (χ0) is 30.4. The first kappa shape index (κ1) is 41.2. The zero-order valence-electron chi connectivity index (χ0n) is 23.5. The average Bonchev–Trinajstić information content (AvgIpc) is 2.91. The van der Waals surface area contributed by atoms with E-state index in [0.717, 1.165) is 37.8 Å². The minimum absolute atomic E-state index is 0.0322. The van der Waals surface area contributed by atoms with Crippen molar-refractivity contribution in [1.82, 2.24) is 0 Å². The quantitative estimate of drug-likeness (QED) is 0.133. The van der Waals surface area contributed by atoms with Gasteiger partial charge in [0.05, 0.1) is 20.3 Å². The Morgan fingerprint density at radius 2 is 0.895 bits per heavy atom. The maximum Gasteiger partial charge on any atom is 0.333 e. The first-order chi connectivity index (χ1) is 17.9. The summed E-state index contributed by atoms with van der Waals surface area (Å²) in [4.78, 5) is 52.1. The Hall–Kier alpha value is -3.95. The number of esters is 5. The summed E-state index contributed by atoms with van der Waals surface area (Å²) in [6.07, 6.45) is 7.20. The third kappa shape index (κ3) is 36.6. The second-order valence-corrected chi connectivity index (χ2v) is 7.01. The van der Waals surface area contributed by atoms with E-state index in [1.54, 1.807) is 13.8 Å². The predicted octanol–water partition coefficient (Wildman–Crippen LogP) is 4.60. The van der Waals surface area contributed by atoms with E-state index in [0.29, 0.717) is 24.4 Å². The molecule has 0 spiro atoms. The van der Waals surface area contributed by atoms with E-state index in [-0.39, 0.29) is 31.1 Å². The lowest BCUT2D eigenvalue weighted by Crippen LogP contribution is -2.10. The lowest BCUT2D eigenvalue weighted by atomic mass is 10.3. The van der Waals surface area contributed by atoms with Gasteiger partial charge in [-0.25, -0.2) is 24.0 Å². The van der Waals surface area contributed by atoms with E-state index in [2.05, 4.69) is 58.8 Å². The number of hydrogen-bond donors (Lipinski definition) is 0. The van der Waals surface area contributed by atoms with Crippen LogP contribution < -0.4 is 0 Å². The molecular weight excluding hydrogens is 496 g/mol. The van der Waals surface area contributed by atoms with Gasteiger partial charge < -0.3 is 23.7 Å². The highest BCUT2D eigenvalue weighted by Gasteiger charge is 2.00. The van der Waals surface area contributed by atoms with Crippen LogP contribution >= 0.6 is 0 Å². The maximum atomic E-state index is 10.7. The summed E-state index contributed by atoms with van der Waals surface area (Å²) in [5.74, 6) is -2.04. The van der Waals surface area contributed by atoms with E-state index in [1.165, 1.54) is 13.2 Å². The summed E-state index contributed by atoms with van der Waals surface area (Å²) in [6.45, 7) is 24.9. The molecule has 0 unspecified atom stereocenters. The lowest BCUT2D eigenvalue weighted by molar-refractivity contribution is -0.146. The summed E-state index contributed by atoms with van der Waals surface area (Å²) >= 11 is 0. The Kier molecular flexibility index (Phi) is 33.7. The fourth-order valence-corrected chi connectivity index (χ4v) is 1.39. The summed E-state index contributed by atoms with van der Waals surface area (Å²) in [7, 11) is 1.33. The molecule has 10 nitrogen and oxygen atoms in total. The van der Waals surface area contributed by atoms with Crippen LogP contribution in [0.4, 0.5) is 0 Å². The molecule has 10 heteroatoms. The van der Waals surface area contributed by atoms with Crippen molar-refractivity contribution in [3.05, 3.63) is 62.3 Å². The number of ether oxygens (including phenoxy) is 5. The topological polar surface area (TPSA) is 132 Å². The van der Waals surface area contributed by atoms with Gasteiger partial charge >= 0.3 is 29.8 Å². The Morgan fingerprint density at radius 1 is 0.579 bits per heavy atom. The van der Waals surface area contributed by atoms with E-state index >= 15 is 0 Å². The van der Waals surface area contributed by atoms with Crippen LogP contribution in [-0.2, 0) is 47.7 Å². The average molecular weight is 541 g/mol. The molecule has 0 aliphatic heterocycles. The molecule has 0 saturated heterocycles. The first-order valence-corrected chi connectivity index (χ1v) is 11.8. The number of unbranched alkanes of at least 4 members (excludes halogenated alkanes) is 2. The predicted molar refractivity (Wildman–Crippen MR) is 146 cm³/mol. The Bertz CT molecular complexity index is 744. The van der Waals surface area contributed by atoms with Gasteiger partial charge in [0.1, 0.15) is 13.2 Å². The molecular formula is C28H44O10. The summed E-state index contributed by atoms with van der Waals surface area (Å²) in [5, 5.41) is 0. The Labute approximate surface area is 227 Å². The van der Waals surface area contributed by atoms with E-state index in [4.69, 9.17) is 4.74 Å². The van der Waals surface area contributed by atoms with Crippen molar-refractivity contribution in [2.24, 2.45) is 0 Å². The van der Waals surface area contributed by atoms with Crippen LogP contribution in [0.2, 0.25) is 0 Å². The fraction of sp³-hybridized carbons (Fsp3) is 0.464. The Morgan fingerprint density at radius 3 is 1.13 bits per heavy atom. The molecule has 0 radical (unpaired) electrons. The van der Waals surface area contributed by atoms with Crippen LogP contribution in [0.5, 0.6) is 0 Å². The molecule has 0 amide bonds. The van der Waals surface area contributed by atoms with Gasteiger partial charge in [-0.2, -0.15) is 0 Å². The molecule has 0 saturated carbocycles. The molecule has 0 rings (SSSR count). The number of hydrogen-bond acceptors (Lipinski definition) is 10. The zero-order valence-corrected chi connectivity index (χ0v) is 23.5. The van der Waals surface area contributed by atoms with Crippen molar-refractivity contribution in [1.29, 1.82) is 0 Å². The molecule has 0 atom stereocenters. The smallest absolute Gasteiger partial charge is 0.333 e. The van der Waals surface area contributed by atoms with E-state index in [1.807, 2.05) is 6.92 Å². The number of carbonyl (C=O) groups excluding carboxylic acids is 5. The molecule has 0 aromatic rings. The molecule has 0 aliphatic rings. The van der Waals surface area contributed by atoms with Gasteiger partial charge in [-0.3, -0.25) is 0 Å². The first-order valence-electron chi connectivity index (χ1n) is 11.8. The van der Waals surface area contributed by atoms with Gasteiger partial charge in [0.25, 0.3) is 0 Å². The van der Waals surface area contributed by atoms with Gasteiger partial charge in [0, 0.05) is 29.4 Å². The Balaban J connectivity index is -0.000000206. The van der Waals surface area contributed by atoms with E-state index in [9.17, 15) is 24.0 Å². The van der Waals surface area contributed by atoms with Gasteiger partial charge in [-0.15, -0.1) is 0 Å². The van der Waals surface area contributed by atoms with Gasteiger partial charge in [-0.1, -0.05) is 59.6 Å². The molecule has 0 N–H and O–H groups in total. The number of carbonyl (C=O) groups is 5. The fourth-order valence-electron chi connectivity index (χ4n) is 1.39. The van der Waals surface area contributed by atoms with Crippen molar-refractivity contribution in [3.8, 4) is 0 Å². The lowest BCUT2D eigenvalue weighted by Gasteiger charge is -2.01. The molecule has 216 valence electrons. The third-order valence-electron chi connectivity index (χ3n) is 3.43. The molecule has 0 aromatic carbocycles. The van der Waals surface area contributed by atoms with Crippen molar-refractivity contribution in [3.63, 3.8) is 0 Å². The molecule has 0 aliphatic carbocycles. The van der Waals surface area contributed by atoms with Crippen molar-refractivity contribution >= 4 is 29.8 Å². The van der Waals surface area contributed by atoms with Gasteiger partial charge in [-0.05, 0) is 26.7 Å². The maximum absolute atomic E-state index is 10.7. The standard InChI is InChI=1S/C8H10O4.C8H14O2.C7H12O2.C5H8O2/c1-3-7(9)11-5-6-12-8(10)4-2;1-4-5-6-10-8(9)7(2)3;1-3-5-6-9-7(8)4-2;1-4(2)5(6)7-3/h3-4H,1-2,5-6H2;2,4-6H2,1,3H3;4H,2-3,5-6H2,1H3;1H2,2-3H3. The molecule has 0 bridgehead atoms. The highest BCUT2D eigenvalue weighted by atomic mass is 16.6. The summed E-state index contributed by atoms with van der Waals surface area (Å²) in [6, 6.07) is 0.